The number of nitrogens with one attached hydrogen (secondary N) is 1. The van der Waals surface area contributed by atoms with E-state index in [1.165, 1.54) is 6.07 Å². The second kappa shape index (κ2) is 5.69. The second-order valence-electron chi connectivity index (χ2n) is 4.09. The highest BCUT2D eigenvalue weighted by atomic mass is 19.1. The minimum absolute atomic E-state index is 0.260. The van der Waals surface area contributed by atoms with Gasteiger partial charge in [0.1, 0.15) is 5.82 Å². The van der Waals surface area contributed by atoms with Crippen LogP contribution in [-0.4, -0.2) is 16.5 Å². The summed E-state index contributed by atoms with van der Waals surface area (Å²) < 4.78 is 13.8. The minimum Gasteiger partial charge on any atom is -0.305 e. The zero-order chi connectivity index (χ0) is 13.0. The van der Waals surface area contributed by atoms with Crippen molar-refractivity contribution in [3.8, 4) is 0 Å². The molecule has 0 fully saturated rings. The van der Waals surface area contributed by atoms with Gasteiger partial charge in [0.15, 0.2) is 0 Å². The minimum atomic E-state index is -0.302. The van der Waals surface area contributed by atoms with E-state index in [0.29, 0.717) is 5.69 Å². The van der Waals surface area contributed by atoms with Crippen molar-refractivity contribution in [3.63, 3.8) is 0 Å². The molecule has 0 bridgehead atoms. The van der Waals surface area contributed by atoms with E-state index in [4.69, 9.17) is 0 Å². The Labute approximate surface area is 106 Å². The second-order valence-corrected chi connectivity index (χ2v) is 4.09. The third kappa shape index (κ3) is 2.71. The lowest BCUT2D eigenvalue weighted by molar-refractivity contribution is 0.542. The fourth-order valence-corrected chi connectivity index (χ4v) is 1.84. The highest BCUT2D eigenvalue weighted by molar-refractivity contribution is 5.27. The Balaban J connectivity index is 2.40. The van der Waals surface area contributed by atoms with Gasteiger partial charge in [-0.2, -0.15) is 0 Å². The number of halogens is 1. The predicted molar refractivity (Wildman–Crippen MR) is 68.7 cm³/mol. The lowest BCUT2D eigenvalue weighted by atomic mass is 10.0. The van der Waals surface area contributed by atoms with E-state index in [1.54, 1.807) is 18.5 Å². The summed E-state index contributed by atoms with van der Waals surface area (Å²) in [6.07, 6.45) is 3.36. The molecule has 94 valence electrons. The molecule has 4 heteroatoms. The maximum absolute atomic E-state index is 13.8. The zero-order valence-corrected chi connectivity index (χ0v) is 10.5. The molecule has 1 atom stereocenters. The van der Waals surface area contributed by atoms with Gasteiger partial charge < -0.3 is 5.32 Å². The first-order valence-electron chi connectivity index (χ1n) is 5.98. The molecule has 2 heterocycles. The summed E-state index contributed by atoms with van der Waals surface area (Å²) in [4.78, 5) is 8.38. The van der Waals surface area contributed by atoms with Gasteiger partial charge in [0, 0.05) is 18.1 Å². The Bertz CT molecular complexity index is 511. The van der Waals surface area contributed by atoms with Crippen molar-refractivity contribution < 1.29 is 4.39 Å². The molecular weight excluding hydrogens is 229 g/mol. The van der Waals surface area contributed by atoms with E-state index < -0.39 is 0 Å². The maximum Gasteiger partial charge on any atom is 0.146 e. The summed E-state index contributed by atoms with van der Waals surface area (Å²) in [5.41, 5.74) is 2.26. The molecule has 0 spiro atoms. The van der Waals surface area contributed by atoms with Crippen molar-refractivity contribution in [2.24, 2.45) is 0 Å². The van der Waals surface area contributed by atoms with Crippen molar-refractivity contribution in [2.75, 3.05) is 6.54 Å². The highest BCUT2D eigenvalue weighted by Gasteiger charge is 2.18. The summed E-state index contributed by atoms with van der Waals surface area (Å²) in [5.74, 6) is -0.302. The molecule has 18 heavy (non-hydrogen) atoms. The van der Waals surface area contributed by atoms with Crippen LogP contribution in [0.25, 0.3) is 0 Å². The van der Waals surface area contributed by atoms with E-state index in [1.807, 2.05) is 26.0 Å². The van der Waals surface area contributed by atoms with Crippen LogP contribution < -0.4 is 5.32 Å². The molecule has 1 N–H and O–H groups in total. The Morgan fingerprint density at radius 1 is 1.28 bits per heavy atom. The van der Waals surface area contributed by atoms with Crippen molar-refractivity contribution in [1.29, 1.82) is 0 Å². The number of hydrogen-bond acceptors (Lipinski definition) is 3. The number of pyridine rings is 2. The fourth-order valence-electron chi connectivity index (χ4n) is 1.84. The highest BCUT2D eigenvalue weighted by Crippen LogP contribution is 2.21. The molecule has 0 aromatic carbocycles. The van der Waals surface area contributed by atoms with Gasteiger partial charge in [-0.3, -0.25) is 9.97 Å². The third-order valence-electron chi connectivity index (χ3n) is 2.74. The largest absolute Gasteiger partial charge is 0.305 e. The van der Waals surface area contributed by atoms with Crippen LogP contribution in [0, 0.1) is 12.7 Å². The van der Waals surface area contributed by atoms with Gasteiger partial charge in [0.2, 0.25) is 0 Å². The Hall–Kier alpha value is -1.81. The van der Waals surface area contributed by atoms with Crippen molar-refractivity contribution in [2.45, 2.75) is 19.9 Å². The number of nitrogens with zero attached hydrogens (tertiary/aromatic N) is 2. The molecule has 2 rings (SSSR count). The van der Waals surface area contributed by atoms with Crippen LogP contribution >= 0.6 is 0 Å². The monoisotopic (exact) mass is 245 g/mol. The SMILES string of the molecule is CCNC(c1ccc(C)nc1)c1ncccc1F. The first kappa shape index (κ1) is 12.6. The molecule has 1 unspecified atom stereocenters. The Morgan fingerprint density at radius 3 is 2.72 bits per heavy atom. The van der Waals surface area contributed by atoms with Gasteiger partial charge in [-0.05, 0) is 37.2 Å². The molecule has 0 radical (unpaired) electrons. The smallest absolute Gasteiger partial charge is 0.146 e. The molecule has 0 amide bonds. The average Bonchev–Trinajstić information content (AvgIpc) is 2.38. The van der Waals surface area contributed by atoms with E-state index in [-0.39, 0.29) is 11.9 Å². The summed E-state index contributed by atoms with van der Waals surface area (Å²) in [6.45, 7) is 4.64. The number of hydrogen-bond donors (Lipinski definition) is 1. The molecule has 0 saturated carbocycles. The third-order valence-corrected chi connectivity index (χ3v) is 2.74. The van der Waals surface area contributed by atoms with Gasteiger partial charge in [-0.15, -0.1) is 0 Å². The zero-order valence-electron chi connectivity index (χ0n) is 10.5. The van der Waals surface area contributed by atoms with Crippen LogP contribution in [0.3, 0.4) is 0 Å². The lowest BCUT2D eigenvalue weighted by Crippen LogP contribution is -2.24. The Kier molecular flexibility index (Phi) is 3.99. The van der Waals surface area contributed by atoms with Crippen LogP contribution in [0.1, 0.15) is 29.9 Å². The molecular formula is C14H16FN3. The first-order valence-corrected chi connectivity index (χ1v) is 5.98. The molecule has 2 aromatic rings. The summed E-state index contributed by atoms with van der Waals surface area (Å²) in [6, 6.07) is 6.62. The first-order chi connectivity index (χ1) is 8.72. The van der Waals surface area contributed by atoms with Crippen LogP contribution in [0.4, 0.5) is 4.39 Å². The van der Waals surface area contributed by atoms with Crippen LogP contribution in [0.5, 0.6) is 0 Å². The van der Waals surface area contributed by atoms with Crippen LogP contribution in [-0.2, 0) is 0 Å². The van der Waals surface area contributed by atoms with Gasteiger partial charge >= 0.3 is 0 Å². The molecule has 3 nitrogen and oxygen atoms in total. The van der Waals surface area contributed by atoms with E-state index >= 15 is 0 Å². The standard InChI is InChI=1S/C14H16FN3/c1-3-16-13(11-7-6-10(2)18-9-11)14-12(15)5-4-8-17-14/h4-9,13,16H,3H2,1-2H3. The molecule has 0 saturated heterocycles. The van der Waals surface area contributed by atoms with Gasteiger partial charge in [0.05, 0.1) is 11.7 Å². The summed E-state index contributed by atoms with van der Waals surface area (Å²) in [7, 11) is 0. The van der Waals surface area contributed by atoms with Crippen LogP contribution in [0.15, 0.2) is 36.7 Å². The molecule has 0 aliphatic carbocycles. The maximum atomic E-state index is 13.8. The van der Waals surface area contributed by atoms with E-state index in [0.717, 1.165) is 17.8 Å². The van der Waals surface area contributed by atoms with Crippen molar-refractivity contribution in [3.05, 3.63) is 59.4 Å². The van der Waals surface area contributed by atoms with Gasteiger partial charge in [0.25, 0.3) is 0 Å². The average molecular weight is 245 g/mol. The number of aryl methyl sites for hydroxylation is 1. The molecule has 0 aliphatic heterocycles. The lowest BCUT2D eigenvalue weighted by Gasteiger charge is -2.18. The van der Waals surface area contributed by atoms with E-state index in [2.05, 4.69) is 15.3 Å². The molecule has 2 aromatic heterocycles. The number of aromatic nitrogens is 2. The topological polar surface area (TPSA) is 37.8 Å². The fraction of sp³-hybridized carbons (Fsp3) is 0.286. The summed E-state index contributed by atoms with van der Waals surface area (Å²) >= 11 is 0. The molecule has 0 aliphatic rings. The van der Waals surface area contributed by atoms with Crippen molar-refractivity contribution >= 4 is 0 Å². The van der Waals surface area contributed by atoms with Gasteiger partial charge in [-0.25, -0.2) is 4.39 Å². The number of rotatable bonds is 4. The Morgan fingerprint density at radius 2 is 2.11 bits per heavy atom. The predicted octanol–water partition coefficient (Wildman–Crippen LogP) is 2.62. The van der Waals surface area contributed by atoms with Gasteiger partial charge in [-0.1, -0.05) is 13.0 Å². The van der Waals surface area contributed by atoms with Crippen LogP contribution in [0.2, 0.25) is 0 Å². The normalized spacial score (nSPS) is 12.4. The van der Waals surface area contributed by atoms with Crippen molar-refractivity contribution in [1.82, 2.24) is 15.3 Å². The van der Waals surface area contributed by atoms with E-state index in [9.17, 15) is 4.39 Å². The summed E-state index contributed by atoms with van der Waals surface area (Å²) in [5, 5.41) is 3.23. The quantitative estimate of drug-likeness (QED) is 0.899.